The van der Waals surface area contributed by atoms with Crippen LogP contribution in [-0.2, 0) is 4.79 Å². The van der Waals surface area contributed by atoms with Crippen LogP contribution < -0.4 is 10.6 Å². The van der Waals surface area contributed by atoms with Gasteiger partial charge in [0.15, 0.2) is 0 Å². The van der Waals surface area contributed by atoms with Gasteiger partial charge >= 0.3 is 0 Å². The molecule has 0 bridgehead atoms. The Morgan fingerprint density at radius 1 is 1.00 bits per heavy atom. The molecule has 1 heterocycles. The molecule has 2 N–H and O–H groups in total. The van der Waals surface area contributed by atoms with E-state index in [1.54, 1.807) is 0 Å². The highest BCUT2D eigenvalue weighted by Gasteiger charge is 2.24. The van der Waals surface area contributed by atoms with Crippen molar-refractivity contribution >= 4 is 5.91 Å². The average Bonchev–Trinajstić information content (AvgIpc) is 2.83. The third-order valence-corrected chi connectivity index (χ3v) is 4.85. The quantitative estimate of drug-likeness (QED) is 0.771. The maximum Gasteiger partial charge on any atom is 0.237 e. The maximum absolute atomic E-state index is 12.3. The van der Waals surface area contributed by atoms with Gasteiger partial charge in [-0.25, -0.2) is 0 Å². The number of carbonyl (C=O) groups is 1. The third kappa shape index (κ3) is 4.79. The van der Waals surface area contributed by atoms with Crippen LogP contribution in [-0.4, -0.2) is 24.5 Å². The summed E-state index contributed by atoms with van der Waals surface area (Å²) in [6.07, 6.45) is 12.7. The van der Waals surface area contributed by atoms with E-state index in [2.05, 4.69) is 17.6 Å². The lowest BCUT2D eigenvalue weighted by molar-refractivity contribution is -0.124. The number of amides is 1. The number of carbonyl (C=O) groups excluding carboxylic acids is 1. The van der Waals surface area contributed by atoms with Gasteiger partial charge in [-0.3, -0.25) is 4.79 Å². The molecule has 1 amide bonds. The first-order valence-electron chi connectivity index (χ1n) is 8.31. The molecule has 0 spiro atoms. The zero-order valence-corrected chi connectivity index (χ0v) is 12.4. The second kappa shape index (κ2) is 7.88. The maximum atomic E-state index is 12.3. The summed E-state index contributed by atoms with van der Waals surface area (Å²) in [4.78, 5) is 12.3. The van der Waals surface area contributed by atoms with Crippen LogP contribution in [0.1, 0.15) is 71.1 Å². The topological polar surface area (TPSA) is 41.1 Å². The van der Waals surface area contributed by atoms with Gasteiger partial charge < -0.3 is 10.6 Å². The van der Waals surface area contributed by atoms with E-state index in [1.165, 1.54) is 57.8 Å². The monoisotopic (exact) mass is 266 g/mol. The Kier molecular flexibility index (Phi) is 6.15. The number of nitrogens with one attached hydrogen (secondary N) is 2. The first kappa shape index (κ1) is 14.8. The zero-order valence-electron chi connectivity index (χ0n) is 12.4. The first-order chi connectivity index (χ1) is 9.27. The van der Waals surface area contributed by atoms with Crippen LogP contribution in [0.3, 0.4) is 0 Å². The number of rotatable bonds is 3. The summed E-state index contributed by atoms with van der Waals surface area (Å²) in [7, 11) is 0. The smallest absolute Gasteiger partial charge is 0.237 e. The van der Waals surface area contributed by atoms with Crippen LogP contribution in [0.25, 0.3) is 0 Å². The minimum Gasteiger partial charge on any atom is -0.352 e. The zero-order chi connectivity index (χ0) is 13.5. The summed E-state index contributed by atoms with van der Waals surface area (Å²) in [6.45, 7) is 3.19. The van der Waals surface area contributed by atoms with Gasteiger partial charge in [0.2, 0.25) is 5.91 Å². The highest BCUT2D eigenvalue weighted by atomic mass is 16.2. The van der Waals surface area contributed by atoms with Crippen molar-refractivity contribution in [1.29, 1.82) is 0 Å². The van der Waals surface area contributed by atoms with E-state index >= 15 is 0 Å². The largest absolute Gasteiger partial charge is 0.352 e. The highest BCUT2D eigenvalue weighted by Crippen LogP contribution is 2.25. The average molecular weight is 266 g/mol. The van der Waals surface area contributed by atoms with E-state index in [0.717, 1.165) is 13.0 Å². The molecule has 0 radical (unpaired) electrons. The van der Waals surface area contributed by atoms with Gasteiger partial charge in [0.1, 0.15) is 0 Å². The van der Waals surface area contributed by atoms with Crippen molar-refractivity contribution in [2.45, 2.75) is 83.2 Å². The molecule has 0 aromatic heterocycles. The summed E-state index contributed by atoms with van der Waals surface area (Å²) in [5, 5.41) is 6.66. The summed E-state index contributed by atoms with van der Waals surface area (Å²) in [5.41, 5.74) is 0. The SMILES string of the molecule is C[C@@H](NC(=O)C1CCCCCN1)C1CCCCCC1. The van der Waals surface area contributed by atoms with Gasteiger partial charge in [0.05, 0.1) is 6.04 Å². The Hall–Kier alpha value is -0.570. The van der Waals surface area contributed by atoms with Gasteiger partial charge in [-0.1, -0.05) is 38.5 Å². The molecular formula is C16H30N2O. The molecule has 2 atom stereocenters. The van der Waals surface area contributed by atoms with Gasteiger partial charge in [0, 0.05) is 6.04 Å². The molecule has 3 heteroatoms. The van der Waals surface area contributed by atoms with Crippen molar-refractivity contribution in [3.8, 4) is 0 Å². The van der Waals surface area contributed by atoms with Crippen molar-refractivity contribution in [3.05, 3.63) is 0 Å². The molecule has 1 aliphatic carbocycles. The van der Waals surface area contributed by atoms with Gasteiger partial charge in [-0.05, 0) is 45.1 Å². The van der Waals surface area contributed by atoms with Crippen molar-refractivity contribution in [1.82, 2.24) is 10.6 Å². The third-order valence-electron chi connectivity index (χ3n) is 4.85. The van der Waals surface area contributed by atoms with Crippen LogP contribution in [0.5, 0.6) is 0 Å². The lowest BCUT2D eigenvalue weighted by Crippen LogP contribution is -2.48. The molecule has 2 aliphatic rings. The Balaban J connectivity index is 1.79. The first-order valence-corrected chi connectivity index (χ1v) is 8.31. The molecule has 1 aliphatic heterocycles. The van der Waals surface area contributed by atoms with E-state index in [0.29, 0.717) is 12.0 Å². The van der Waals surface area contributed by atoms with E-state index in [-0.39, 0.29) is 11.9 Å². The van der Waals surface area contributed by atoms with Crippen molar-refractivity contribution in [2.24, 2.45) is 5.92 Å². The molecule has 2 fully saturated rings. The molecule has 2 rings (SSSR count). The highest BCUT2D eigenvalue weighted by molar-refractivity contribution is 5.82. The van der Waals surface area contributed by atoms with Crippen LogP contribution in [0, 0.1) is 5.92 Å². The molecule has 110 valence electrons. The lowest BCUT2D eigenvalue weighted by Gasteiger charge is -2.26. The van der Waals surface area contributed by atoms with Crippen LogP contribution in [0.4, 0.5) is 0 Å². The van der Waals surface area contributed by atoms with Crippen molar-refractivity contribution in [3.63, 3.8) is 0 Å². The fourth-order valence-corrected chi connectivity index (χ4v) is 3.51. The predicted octanol–water partition coefficient (Wildman–Crippen LogP) is 2.99. The van der Waals surface area contributed by atoms with Crippen molar-refractivity contribution < 1.29 is 4.79 Å². The molecule has 0 aromatic rings. The number of hydrogen-bond acceptors (Lipinski definition) is 2. The van der Waals surface area contributed by atoms with E-state index in [4.69, 9.17) is 0 Å². The molecular weight excluding hydrogens is 236 g/mol. The summed E-state index contributed by atoms with van der Waals surface area (Å²) >= 11 is 0. The molecule has 1 saturated heterocycles. The minimum absolute atomic E-state index is 0.0516. The Bertz CT molecular complexity index is 264. The Labute approximate surface area is 117 Å². The molecule has 19 heavy (non-hydrogen) atoms. The van der Waals surface area contributed by atoms with E-state index in [1.807, 2.05) is 0 Å². The summed E-state index contributed by atoms with van der Waals surface area (Å²) in [6, 6.07) is 0.395. The van der Waals surface area contributed by atoms with Crippen molar-refractivity contribution in [2.75, 3.05) is 6.54 Å². The normalized spacial score (nSPS) is 28.2. The summed E-state index contributed by atoms with van der Waals surface area (Å²) < 4.78 is 0. The van der Waals surface area contributed by atoms with Gasteiger partial charge in [-0.15, -0.1) is 0 Å². The molecule has 1 saturated carbocycles. The van der Waals surface area contributed by atoms with Crippen LogP contribution in [0.2, 0.25) is 0 Å². The lowest BCUT2D eigenvalue weighted by atomic mass is 9.92. The van der Waals surface area contributed by atoms with E-state index < -0.39 is 0 Å². The van der Waals surface area contributed by atoms with Crippen LogP contribution >= 0.6 is 0 Å². The predicted molar refractivity (Wildman–Crippen MR) is 79.1 cm³/mol. The fraction of sp³-hybridized carbons (Fsp3) is 0.938. The Morgan fingerprint density at radius 3 is 2.37 bits per heavy atom. The van der Waals surface area contributed by atoms with Crippen LogP contribution in [0.15, 0.2) is 0 Å². The molecule has 0 aromatic carbocycles. The molecule has 3 nitrogen and oxygen atoms in total. The fourth-order valence-electron chi connectivity index (χ4n) is 3.51. The molecule has 1 unspecified atom stereocenters. The summed E-state index contributed by atoms with van der Waals surface area (Å²) in [5.74, 6) is 0.927. The Morgan fingerprint density at radius 2 is 1.63 bits per heavy atom. The van der Waals surface area contributed by atoms with Gasteiger partial charge in [-0.2, -0.15) is 0 Å². The number of hydrogen-bond donors (Lipinski definition) is 2. The second-order valence-corrected chi connectivity index (χ2v) is 6.40. The van der Waals surface area contributed by atoms with E-state index in [9.17, 15) is 4.79 Å². The second-order valence-electron chi connectivity index (χ2n) is 6.40. The standard InChI is InChI=1S/C16H30N2O/c1-13(14-9-5-2-3-6-10-14)18-16(19)15-11-7-4-8-12-17-15/h13-15,17H,2-12H2,1H3,(H,18,19)/t13-,15?/m1/s1. The minimum atomic E-state index is 0.0516. The van der Waals surface area contributed by atoms with Gasteiger partial charge in [0.25, 0.3) is 0 Å².